The molecule has 0 bridgehead atoms. The second-order valence-electron chi connectivity index (χ2n) is 9.81. The molecule has 0 saturated heterocycles. The Balaban J connectivity index is 1.74. The minimum absolute atomic E-state index is 0.181. The van der Waals surface area contributed by atoms with E-state index in [1.165, 1.54) is 96.3 Å². The van der Waals surface area contributed by atoms with Crippen LogP contribution in [-0.4, -0.2) is 24.2 Å². The van der Waals surface area contributed by atoms with Crippen LogP contribution < -0.4 is 10.1 Å². The third-order valence-corrected chi connectivity index (χ3v) is 6.51. The third kappa shape index (κ3) is 19.7. The summed E-state index contributed by atoms with van der Waals surface area (Å²) in [6.07, 6.45) is 25.4. The van der Waals surface area contributed by atoms with E-state index >= 15 is 0 Å². The Morgan fingerprint density at radius 2 is 1.15 bits per heavy atom. The van der Waals surface area contributed by atoms with Gasteiger partial charge in [-0.25, -0.2) is 0 Å². The fraction of sp³-hybridized carbons (Fsp3) is 0.767. The number of aromatic hydroxyl groups is 1. The lowest BCUT2D eigenvalue weighted by molar-refractivity contribution is -0.121. The molecular weight excluding hydrogens is 422 g/mol. The van der Waals surface area contributed by atoms with Crippen molar-refractivity contribution < 1.29 is 14.6 Å². The van der Waals surface area contributed by atoms with E-state index in [1.807, 2.05) is 0 Å². The number of phenolic OH excluding ortho intramolecular Hbond substituents is 1. The Morgan fingerprint density at radius 1 is 0.676 bits per heavy atom. The number of hydrogen-bond acceptors (Lipinski definition) is 3. The molecular formula is C30H53NO3. The molecule has 0 fully saturated rings. The second kappa shape index (κ2) is 23.1. The Hall–Kier alpha value is -1.71. The lowest BCUT2D eigenvalue weighted by atomic mass is 10.0. The highest BCUT2D eigenvalue weighted by Gasteiger charge is 2.01. The monoisotopic (exact) mass is 475 g/mol. The van der Waals surface area contributed by atoms with Crippen LogP contribution in [0.4, 0.5) is 0 Å². The van der Waals surface area contributed by atoms with Gasteiger partial charge in [-0.05, 0) is 49.9 Å². The van der Waals surface area contributed by atoms with Crippen LogP contribution in [0, 0.1) is 0 Å². The number of hydrogen-bond donors (Lipinski definition) is 2. The van der Waals surface area contributed by atoms with Crippen molar-refractivity contribution in [3.05, 3.63) is 24.3 Å². The van der Waals surface area contributed by atoms with Crippen molar-refractivity contribution in [3.8, 4) is 11.5 Å². The number of carbonyl (C=O) groups is 1. The van der Waals surface area contributed by atoms with Gasteiger partial charge in [0.1, 0.15) is 11.5 Å². The Morgan fingerprint density at radius 3 is 1.68 bits per heavy atom. The van der Waals surface area contributed by atoms with Crippen LogP contribution in [-0.2, 0) is 4.79 Å². The predicted molar refractivity (Wildman–Crippen MR) is 145 cm³/mol. The van der Waals surface area contributed by atoms with Crippen LogP contribution in [0.1, 0.15) is 135 Å². The first kappa shape index (κ1) is 30.3. The molecule has 0 spiro atoms. The summed E-state index contributed by atoms with van der Waals surface area (Å²) < 4.78 is 5.62. The molecule has 4 heteroatoms. The van der Waals surface area contributed by atoms with Crippen LogP contribution in [0.3, 0.4) is 0 Å². The van der Waals surface area contributed by atoms with Gasteiger partial charge in [-0.15, -0.1) is 0 Å². The molecule has 0 aromatic heterocycles. The third-order valence-electron chi connectivity index (χ3n) is 6.51. The summed E-state index contributed by atoms with van der Waals surface area (Å²) in [7, 11) is 0. The Bertz CT molecular complexity index is 573. The molecule has 0 aliphatic carbocycles. The Kier molecular flexibility index (Phi) is 20.6. The summed E-state index contributed by atoms with van der Waals surface area (Å²) in [6, 6.07) is 6.78. The number of unbranched alkanes of at least 4 members (excludes halogenated alkanes) is 17. The van der Waals surface area contributed by atoms with Crippen molar-refractivity contribution >= 4 is 5.91 Å². The molecule has 0 atom stereocenters. The van der Waals surface area contributed by atoms with Gasteiger partial charge in [0.2, 0.25) is 5.91 Å². The number of benzene rings is 1. The van der Waals surface area contributed by atoms with Crippen LogP contribution in [0.5, 0.6) is 11.5 Å². The highest BCUT2D eigenvalue weighted by Crippen LogP contribution is 2.16. The predicted octanol–water partition coefficient (Wildman–Crippen LogP) is 8.71. The molecule has 0 unspecified atom stereocenters. The van der Waals surface area contributed by atoms with Crippen LogP contribution >= 0.6 is 0 Å². The molecule has 1 rings (SSSR count). The zero-order valence-corrected chi connectivity index (χ0v) is 22.1. The zero-order valence-electron chi connectivity index (χ0n) is 22.1. The van der Waals surface area contributed by atoms with Crippen LogP contribution in [0.15, 0.2) is 24.3 Å². The molecule has 0 aliphatic rings. The molecule has 0 saturated carbocycles. The quantitative estimate of drug-likeness (QED) is 0.147. The van der Waals surface area contributed by atoms with Crippen molar-refractivity contribution in [2.75, 3.05) is 13.2 Å². The van der Waals surface area contributed by atoms with Crippen molar-refractivity contribution in [2.24, 2.45) is 0 Å². The van der Waals surface area contributed by atoms with Gasteiger partial charge in [-0.3, -0.25) is 4.79 Å². The molecule has 1 amide bonds. The average molecular weight is 476 g/mol. The maximum Gasteiger partial charge on any atom is 0.219 e. The lowest BCUT2D eigenvalue weighted by Gasteiger charge is -2.07. The minimum Gasteiger partial charge on any atom is -0.508 e. The number of carbonyl (C=O) groups excluding carboxylic acids is 1. The van der Waals surface area contributed by atoms with E-state index in [9.17, 15) is 9.90 Å². The normalized spacial score (nSPS) is 11.0. The summed E-state index contributed by atoms with van der Waals surface area (Å²) in [4.78, 5) is 11.9. The molecule has 1 aromatic rings. The van der Waals surface area contributed by atoms with E-state index in [-0.39, 0.29) is 11.7 Å². The summed E-state index contributed by atoms with van der Waals surface area (Å²) in [5.41, 5.74) is 0. The second-order valence-corrected chi connectivity index (χ2v) is 9.81. The summed E-state index contributed by atoms with van der Waals surface area (Å²) in [6.45, 7) is 3.75. The molecule has 196 valence electrons. The van der Waals surface area contributed by atoms with Gasteiger partial charge in [0.05, 0.1) is 6.61 Å². The van der Waals surface area contributed by atoms with E-state index < -0.39 is 0 Å². The summed E-state index contributed by atoms with van der Waals surface area (Å²) >= 11 is 0. The molecule has 4 nitrogen and oxygen atoms in total. The van der Waals surface area contributed by atoms with Crippen molar-refractivity contribution in [1.82, 2.24) is 5.32 Å². The topological polar surface area (TPSA) is 58.6 Å². The average Bonchev–Trinajstić information content (AvgIpc) is 2.84. The van der Waals surface area contributed by atoms with Gasteiger partial charge in [0.15, 0.2) is 0 Å². The molecule has 34 heavy (non-hydrogen) atoms. The van der Waals surface area contributed by atoms with Gasteiger partial charge in [-0.2, -0.15) is 0 Å². The smallest absolute Gasteiger partial charge is 0.219 e. The molecule has 2 N–H and O–H groups in total. The van der Waals surface area contributed by atoms with Crippen LogP contribution in [0.25, 0.3) is 0 Å². The Labute approximate surface area is 210 Å². The molecule has 1 aromatic carbocycles. The fourth-order valence-corrected chi connectivity index (χ4v) is 4.29. The summed E-state index contributed by atoms with van der Waals surface area (Å²) in [5, 5.41) is 12.3. The van der Waals surface area contributed by atoms with Gasteiger partial charge in [0.25, 0.3) is 0 Å². The molecule has 0 heterocycles. The first-order chi connectivity index (χ1) is 16.7. The first-order valence-electron chi connectivity index (χ1n) is 14.4. The first-order valence-corrected chi connectivity index (χ1v) is 14.4. The highest BCUT2D eigenvalue weighted by molar-refractivity contribution is 5.75. The standard InChI is InChI=1S/C30H53NO3/c1-2-3-4-5-6-7-8-9-10-11-12-13-14-15-16-19-26-31-30(33)21-18-17-20-27-34-29-24-22-28(32)23-25-29/h22-25,32H,2-21,26-27H2,1H3,(H,31,33). The highest BCUT2D eigenvalue weighted by atomic mass is 16.5. The summed E-state index contributed by atoms with van der Waals surface area (Å²) in [5.74, 6) is 1.20. The lowest BCUT2D eigenvalue weighted by Crippen LogP contribution is -2.24. The van der Waals surface area contributed by atoms with Crippen molar-refractivity contribution in [3.63, 3.8) is 0 Å². The number of rotatable bonds is 24. The molecule has 0 aliphatic heterocycles. The number of amides is 1. The van der Waals surface area contributed by atoms with E-state index in [2.05, 4.69) is 12.2 Å². The zero-order chi connectivity index (χ0) is 24.5. The maximum atomic E-state index is 11.9. The minimum atomic E-state index is 0.181. The van der Waals surface area contributed by atoms with Crippen molar-refractivity contribution in [1.29, 1.82) is 0 Å². The largest absolute Gasteiger partial charge is 0.508 e. The van der Waals surface area contributed by atoms with Crippen LogP contribution in [0.2, 0.25) is 0 Å². The molecule has 0 radical (unpaired) electrons. The number of nitrogens with one attached hydrogen (secondary N) is 1. The van der Waals surface area contributed by atoms with Crippen molar-refractivity contribution in [2.45, 2.75) is 135 Å². The van der Waals surface area contributed by atoms with Gasteiger partial charge in [-0.1, -0.05) is 103 Å². The van der Waals surface area contributed by atoms with Gasteiger partial charge >= 0.3 is 0 Å². The van der Waals surface area contributed by atoms with E-state index in [4.69, 9.17) is 4.74 Å². The van der Waals surface area contributed by atoms with E-state index in [0.717, 1.165) is 38.0 Å². The number of ether oxygens (including phenoxy) is 1. The van der Waals surface area contributed by atoms with E-state index in [0.29, 0.717) is 13.0 Å². The van der Waals surface area contributed by atoms with Gasteiger partial charge in [0, 0.05) is 13.0 Å². The fourth-order valence-electron chi connectivity index (χ4n) is 4.29. The maximum absolute atomic E-state index is 11.9. The van der Waals surface area contributed by atoms with Gasteiger partial charge < -0.3 is 15.2 Å². The number of phenols is 1. The SMILES string of the molecule is CCCCCCCCCCCCCCCCCCNC(=O)CCCCCOc1ccc(O)cc1. The van der Waals surface area contributed by atoms with E-state index in [1.54, 1.807) is 24.3 Å².